The van der Waals surface area contributed by atoms with Crippen molar-refractivity contribution < 1.29 is 9.59 Å². The zero-order valence-electron chi connectivity index (χ0n) is 14.2. The van der Waals surface area contributed by atoms with E-state index >= 15 is 0 Å². The maximum absolute atomic E-state index is 11.8. The molecular formula is C17H24N4O2S. The fourth-order valence-corrected chi connectivity index (χ4v) is 2.87. The molecule has 1 fully saturated rings. The van der Waals surface area contributed by atoms with Crippen molar-refractivity contribution in [1.29, 1.82) is 0 Å². The number of hydrogen-bond donors (Lipinski definition) is 2. The number of hydrogen-bond acceptors (Lipinski definition) is 4. The second-order valence-corrected chi connectivity index (χ2v) is 6.00. The molecule has 1 aliphatic heterocycles. The number of piperazine rings is 1. The molecule has 24 heavy (non-hydrogen) atoms. The SMILES string of the molecule is CCC(=O)NC(=S)Nc1ccccc1N1CCN(C(=O)CC)CC1. The molecule has 2 amide bonds. The van der Waals surface area contributed by atoms with Crippen LogP contribution >= 0.6 is 12.2 Å². The van der Waals surface area contributed by atoms with Crippen molar-refractivity contribution in [3.05, 3.63) is 24.3 Å². The minimum atomic E-state index is -0.114. The van der Waals surface area contributed by atoms with Gasteiger partial charge in [0.2, 0.25) is 11.8 Å². The molecule has 0 unspecified atom stereocenters. The maximum atomic E-state index is 11.8. The molecule has 0 aliphatic carbocycles. The van der Waals surface area contributed by atoms with E-state index in [1.54, 1.807) is 6.92 Å². The Bertz CT molecular complexity index is 612. The summed E-state index contributed by atoms with van der Waals surface area (Å²) in [5.41, 5.74) is 1.88. The van der Waals surface area contributed by atoms with Gasteiger partial charge in [0.25, 0.3) is 0 Å². The fraction of sp³-hybridized carbons (Fsp3) is 0.471. The Labute approximate surface area is 148 Å². The van der Waals surface area contributed by atoms with E-state index in [-0.39, 0.29) is 11.8 Å². The van der Waals surface area contributed by atoms with Gasteiger partial charge in [-0.15, -0.1) is 0 Å². The van der Waals surface area contributed by atoms with Crippen LogP contribution in [0.5, 0.6) is 0 Å². The predicted molar refractivity (Wildman–Crippen MR) is 100 cm³/mol. The summed E-state index contributed by atoms with van der Waals surface area (Å²) in [6.45, 7) is 6.66. The van der Waals surface area contributed by atoms with Crippen molar-refractivity contribution in [2.24, 2.45) is 0 Å². The minimum Gasteiger partial charge on any atom is -0.366 e. The number of carbonyl (C=O) groups excluding carboxylic acids is 2. The highest BCUT2D eigenvalue weighted by molar-refractivity contribution is 7.80. The predicted octanol–water partition coefficient (Wildman–Crippen LogP) is 1.97. The van der Waals surface area contributed by atoms with Gasteiger partial charge in [0.1, 0.15) is 0 Å². The van der Waals surface area contributed by atoms with Crippen LogP contribution in [0.15, 0.2) is 24.3 Å². The number of benzene rings is 1. The van der Waals surface area contributed by atoms with Crippen LogP contribution in [0.1, 0.15) is 26.7 Å². The van der Waals surface area contributed by atoms with Gasteiger partial charge in [-0.05, 0) is 24.4 Å². The zero-order valence-corrected chi connectivity index (χ0v) is 15.0. The van der Waals surface area contributed by atoms with Gasteiger partial charge in [-0.25, -0.2) is 0 Å². The van der Waals surface area contributed by atoms with E-state index in [1.807, 2.05) is 36.1 Å². The monoisotopic (exact) mass is 348 g/mol. The first-order valence-corrected chi connectivity index (χ1v) is 8.68. The molecule has 1 aromatic rings. The van der Waals surface area contributed by atoms with Crippen LogP contribution in [0.2, 0.25) is 0 Å². The van der Waals surface area contributed by atoms with Crippen LogP contribution in [-0.4, -0.2) is 48.0 Å². The molecule has 130 valence electrons. The first-order valence-electron chi connectivity index (χ1n) is 8.27. The Morgan fingerprint density at radius 2 is 1.75 bits per heavy atom. The standard InChI is InChI=1S/C17H24N4O2S/c1-3-15(22)19-17(24)18-13-7-5-6-8-14(13)20-9-11-21(12-10-20)16(23)4-2/h5-8H,3-4,9-12H2,1-2H3,(H2,18,19,22,24). The summed E-state index contributed by atoms with van der Waals surface area (Å²) in [4.78, 5) is 27.4. The van der Waals surface area contributed by atoms with Crippen LogP contribution in [0, 0.1) is 0 Å². The third-order valence-corrected chi connectivity index (χ3v) is 4.21. The molecule has 1 heterocycles. The second-order valence-electron chi connectivity index (χ2n) is 5.59. The molecule has 6 nitrogen and oxygen atoms in total. The molecule has 0 aromatic heterocycles. The second kappa shape index (κ2) is 8.63. The molecule has 0 bridgehead atoms. The molecule has 1 aliphatic rings. The number of nitrogens with one attached hydrogen (secondary N) is 2. The Morgan fingerprint density at radius 1 is 1.08 bits per heavy atom. The molecule has 7 heteroatoms. The quantitative estimate of drug-likeness (QED) is 0.815. The van der Waals surface area contributed by atoms with Crippen molar-refractivity contribution in [3.63, 3.8) is 0 Å². The third-order valence-electron chi connectivity index (χ3n) is 4.00. The summed E-state index contributed by atoms with van der Waals surface area (Å²) in [5.74, 6) is 0.0844. The normalized spacial score (nSPS) is 14.2. The lowest BCUT2D eigenvalue weighted by molar-refractivity contribution is -0.131. The number of amides is 2. The van der Waals surface area contributed by atoms with Gasteiger partial charge >= 0.3 is 0 Å². The van der Waals surface area contributed by atoms with E-state index in [0.29, 0.717) is 18.0 Å². The number of rotatable bonds is 4. The molecule has 1 aromatic carbocycles. The lowest BCUT2D eigenvalue weighted by atomic mass is 10.2. The highest BCUT2D eigenvalue weighted by atomic mass is 32.1. The summed E-state index contributed by atoms with van der Waals surface area (Å²) < 4.78 is 0. The lowest BCUT2D eigenvalue weighted by Gasteiger charge is -2.37. The Kier molecular flexibility index (Phi) is 6.54. The van der Waals surface area contributed by atoms with Gasteiger partial charge in [-0.2, -0.15) is 0 Å². The molecular weight excluding hydrogens is 324 g/mol. The van der Waals surface area contributed by atoms with E-state index in [9.17, 15) is 9.59 Å². The summed E-state index contributed by atoms with van der Waals surface area (Å²) in [5, 5.41) is 6.04. The number of carbonyl (C=O) groups is 2. The number of thiocarbonyl (C=S) groups is 1. The van der Waals surface area contributed by atoms with Crippen molar-refractivity contribution >= 4 is 40.5 Å². The van der Waals surface area contributed by atoms with Crippen LogP contribution < -0.4 is 15.5 Å². The number of anilines is 2. The molecule has 0 spiro atoms. The van der Waals surface area contributed by atoms with Gasteiger partial charge in [0, 0.05) is 39.0 Å². The maximum Gasteiger partial charge on any atom is 0.225 e. The van der Waals surface area contributed by atoms with Crippen molar-refractivity contribution in [2.75, 3.05) is 36.4 Å². The largest absolute Gasteiger partial charge is 0.366 e. The Balaban J connectivity index is 2.03. The van der Waals surface area contributed by atoms with Gasteiger partial charge in [0.15, 0.2) is 5.11 Å². The van der Waals surface area contributed by atoms with Gasteiger partial charge < -0.3 is 20.4 Å². The van der Waals surface area contributed by atoms with E-state index in [2.05, 4.69) is 15.5 Å². The van der Waals surface area contributed by atoms with Crippen LogP contribution in [0.4, 0.5) is 11.4 Å². The van der Waals surface area contributed by atoms with E-state index in [0.717, 1.165) is 37.6 Å². The zero-order chi connectivity index (χ0) is 17.5. The van der Waals surface area contributed by atoms with Gasteiger partial charge in [-0.1, -0.05) is 26.0 Å². The lowest BCUT2D eigenvalue weighted by Crippen LogP contribution is -2.48. The average molecular weight is 348 g/mol. The van der Waals surface area contributed by atoms with Crippen molar-refractivity contribution in [2.45, 2.75) is 26.7 Å². The summed E-state index contributed by atoms with van der Waals surface area (Å²) in [6.07, 6.45) is 0.931. The first-order chi connectivity index (χ1) is 11.5. The smallest absolute Gasteiger partial charge is 0.225 e. The molecule has 0 atom stereocenters. The average Bonchev–Trinajstić information content (AvgIpc) is 2.61. The third kappa shape index (κ3) is 4.67. The molecule has 0 saturated carbocycles. The summed E-state index contributed by atoms with van der Waals surface area (Å²) >= 11 is 5.19. The number of para-hydroxylation sites is 2. The van der Waals surface area contributed by atoms with E-state index < -0.39 is 0 Å². The molecule has 1 saturated heterocycles. The first kappa shape index (κ1) is 18.2. The van der Waals surface area contributed by atoms with Crippen LogP contribution in [-0.2, 0) is 9.59 Å². The van der Waals surface area contributed by atoms with Gasteiger partial charge in [0.05, 0.1) is 11.4 Å². The Morgan fingerprint density at radius 3 is 2.38 bits per heavy atom. The van der Waals surface area contributed by atoms with Crippen molar-refractivity contribution in [3.8, 4) is 0 Å². The molecule has 0 radical (unpaired) electrons. The summed E-state index contributed by atoms with van der Waals surface area (Å²) in [6, 6.07) is 7.85. The minimum absolute atomic E-state index is 0.114. The van der Waals surface area contributed by atoms with E-state index in [4.69, 9.17) is 12.2 Å². The van der Waals surface area contributed by atoms with Crippen LogP contribution in [0.25, 0.3) is 0 Å². The molecule has 2 rings (SSSR count). The Hall–Kier alpha value is -2.15. The highest BCUT2D eigenvalue weighted by Gasteiger charge is 2.21. The van der Waals surface area contributed by atoms with E-state index in [1.165, 1.54) is 0 Å². The van der Waals surface area contributed by atoms with Crippen molar-refractivity contribution in [1.82, 2.24) is 10.2 Å². The van der Waals surface area contributed by atoms with Gasteiger partial charge in [-0.3, -0.25) is 9.59 Å². The topological polar surface area (TPSA) is 64.7 Å². The summed E-state index contributed by atoms with van der Waals surface area (Å²) in [7, 11) is 0. The fourth-order valence-electron chi connectivity index (χ4n) is 2.64. The number of nitrogens with zero attached hydrogens (tertiary/aromatic N) is 2. The molecule has 2 N–H and O–H groups in total. The highest BCUT2D eigenvalue weighted by Crippen LogP contribution is 2.26. The van der Waals surface area contributed by atoms with Crippen LogP contribution in [0.3, 0.4) is 0 Å².